The van der Waals surface area contributed by atoms with Crippen molar-refractivity contribution in [2.75, 3.05) is 39.5 Å². The molecule has 3 N–H and O–H groups in total. The highest BCUT2D eigenvalue weighted by molar-refractivity contribution is 7.13. The second-order valence-electron chi connectivity index (χ2n) is 6.73. The van der Waals surface area contributed by atoms with Crippen LogP contribution in [0, 0.1) is 19.8 Å². The summed E-state index contributed by atoms with van der Waals surface area (Å²) < 4.78 is 17.6. The third-order valence-electron chi connectivity index (χ3n) is 3.92. The molecule has 2 aromatic rings. The van der Waals surface area contributed by atoms with Gasteiger partial charge >= 0.3 is 23.9 Å². The predicted molar refractivity (Wildman–Crippen MR) is 137 cm³/mol. The van der Waals surface area contributed by atoms with Crippen molar-refractivity contribution in [1.82, 2.24) is 9.97 Å². The Hall–Kier alpha value is -3.85. The number of ether oxygens (including phenoxy) is 4. The highest BCUT2D eigenvalue weighted by Crippen LogP contribution is 2.15. The molecule has 0 spiro atoms. The fourth-order valence-corrected chi connectivity index (χ4v) is 3.28. The van der Waals surface area contributed by atoms with Gasteiger partial charge in [-0.2, -0.15) is 0 Å². The van der Waals surface area contributed by atoms with Crippen molar-refractivity contribution in [3.05, 3.63) is 33.9 Å². The largest absolute Gasteiger partial charge is 0.469 e. The minimum Gasteiger partial charge on any atom is -0.469 e. The van der Waals surface area contributed by atoms with Crippen LogP contribution in [-0.4, -0.2) is 68.6 Å². The van der Waals surface area contributed by atoms with Crippen LogP contribution < -0.4 is 11.1 Å². The Morgan fingerprint density at radius 1 is 0.946 bits per heavy atom. The number of nitrogens with two attached hydrogens (primary N) is 1. The smallest absolute Gasteiger partial charge is 0.335 e. The first-order chi connectivity index (χ1) is 17.5. The first kappa shape index (κ1) is 33.1. The number of thiazole rings is 2. The van der Waals surface area contributed by atoms with Crippen LogP contribution in [0.4, 0.5) is 10.3 Å². The van der Waals surface area contributed by atoms with Gasteiger partial charge in [-0.15, -0.1) is 22.7 Å². The van der Waals surface area contributed by atoms with Gasteiger partial charge in [0.15, 0.2) is 10.3 Å². The number of hydrogen-bond donors (Lipinski definition) is 2. The lowest BCUT2D eigenvalue weighted by Gasteiger charge is -2.05. The van der Waals surface area contributed by atoms with Crippen molar-refractivity contribution >= 4 is 63.1 Å². The van der Waals surface area contributed by atoms with E-state index in [0.717, 1.165) is 18.5 Å². The molecule has 0 saturated heterocycles. The normalized spacial score (nSPS) is 10.8. The van der Waals surface area contributed by atoms with Crippen molar-refractivity contribution in [3.8, 4) is 0 Å². The van der Waals surface area contributed by atoms with E-state index in [4.69, 9.17) is 5.73 Å². The van der Waals surface area contributed by atoms with E-state index in [-0.39, 0.29) is 18.4 Å². The maximum absolute atomic E-state index is 11.4. The van der Waals surface area contributed by atoms with Gasteiger partial charge in [0, 0.05) is 17.0 Å². The van der Waals surface area contributed by atoms with E-state index in [1.165, 1.54) is 50.2 Å². The molecule has 204 valence electrons. The summed E-state index contributed by atoms with van der Waals surface area (Å²) in [6.45, 7) is 3.79. The van der Waals surface area contributed by atoms with Gasteiger partial charge in [0.2, 0.25) is 0 Å². The third-order valence-corrected chi connectivity index (χ3v) is 5.60. The van der Waals surface area contributed by atoms with Crippen molar-refractivity contribution in [2.45, 2.75) is 26.7 Å². The predicted octanol–water partition coefficient (Wildman–Crippen LogP) is 2.05. The SMILES string of the molecule is COC(=O)C/C(=C\Nc1nc(C)cs1)C(=O)OC.COC(=O)CC(C=O)C(=O)OC.Cc1csc(N)n1. The number of methoxy groups -OCH3 is 4. The standard InChI is InChI=1S/C11H14N2O4S.C7H10O5.C4H6N2S/c1-7-6-18-11(13-7)12-5-8(10(15)17-3)4-9(14)16-2;1-11-6(9)3-5(4-8)7(10)12-2;1-3-2-7-4(5)6-3/h5-6H,4H2,1-3H3,(H,12,13);4-5H,3H2,1-2H3;2H,1H3,(H2,5,6)/b8-5+;;. The number of carbonyl (C=O) groups is 5. The van der Waals surface area contributed by atoms with Crippen LogP contribution >= 0.6 is 22.7 Å². The van der Waals surface area contributed by atoms with E-state index in [2.05, 4.69) is 34.2 Å². The van der Waals surface area contributed by atoms with Gasteiger partial charge in [0.25, 0.3) is 0 Å². The second kappa shape index (κ2) is 18.4. The van der Waals surface area contributed by atoms with Crippen LogP contribution in [0.2, 0.25) is 0 Å². The molecule has 0 fully saturated rings. The van der Waals surface area contributed by atoms with Crippen LogP contribution in [0.3, 0.4) is 0 Å². The molecule has 0 amide bonds. The summed E-state index contributed by atoms with van der Waals surface area (Å²) in [6.07, 6.45) is 1.34. The maximum atomic E-state index is 11.4. The van der Waals surface area contributed by atoms with Gasteiger partial charge in [-0.25, -0.2) is 14.8 Å². The molecular weight excluding hydrogens is 528 g/mol. The number of rotatable bonds is 9. The van der Waals surface area contributed by atoms with Gasteiger partial charge in [-0.1, -0.05) is 0 Å². The summed E-state index contributed by atoms with van der Waals surface area (Å²) in [7, 11) is 4.84. The fourth-order valence-electron chi connectivity index (χ4n) is 2.08. The number of nitrogens with zero attached hydrogens (tertiary/aromatic N) is 2. The number of aldehydes is 1. The van der Waals surface area contributed by atoms with Crippen LogP contribution in [0.5, 0.6) is 0 Å². The number of aromatic nitrogens is 2. The average molecular weight is 559 g/mol. The molecule has 2 rings (SSSR count). The van der Waals surface area contributed by atoms with E-state index in [1.54, 1.807) is 0 Å². The van der Waals surface area contributed by atoms with E-state index < -0.39 is 29.8 Å². The Balaban J connectivity index is 0.000000583. The Kier molecular flexibility index (Phi) is 16.5. The average Bonchev–Trinajstić information content (AvgIpc) is 3.50. The molecule has 37 heavy (non-hydrogen) atoms. The van der Waals surface area contributed by atoms with E-state index in [0.29, 0.717) is 16.5 Å². The van der Waals surface area contributed by atoms with Crippen molar-refractivity contribution in [2.24, 2.45) is 5.92 Å². The molecule has 0 aliphatic heterocycles. The highest BCUT2D eigenvalue weighted by Gasteiger charge is 2.22. The molecule has 0 aromatic carbocycles. The molecule has 0 aliphatic rings. The van der Waals surface area contributed by atoms with Crippen LogP contribution in [0.1, 0.15) is 24.2 Å². The number of nitrogen functional groups attached to an aromatic ring is 1. The number of esters is 4. The zero-order valence-corrected chi connectivity index (χ0v) is 22.9. The van der Waals surface area contributed by atoms with Gasteiger partial charge in [0.1, 0.15) is 12.2 Å². The van der Waals surface area contributed by atoms with Crippen LogP contribution in [-0.2, 0) is 42.9 Å². The van der Waals surface area contributed by atoms with Crippen molar-refractivity contribution in [1.29, 1.82) is 0 Å². The molecule has 0 bridgehead atoms. The lowest BCUT2D eigenvalue weighted by Crippen LogP contribution is -2.21. The summed E-state index contributed by atoms with van der Waals surface area (Å²) in [5.74, 6) is -3.49. The lowest BCUT2D eigenvalue weighted by atomic mass is 10.1. The number of aryl methyl sites for hydroxylation is 2. The Bertz CT molecular complexity index is 1050. The Morgan fingerprint density at radius 2 is 1.54 bits per heavy atom. The fraction of sp³-hybridized carbons (Fsp3) is 0.409. The highest BCUT2D eigenvalue weighted by atomic mass is 32.1. The number of anilines is 2. The summed E-state index contributed by atoms with van der Waals surface area (Å²) in [5.41, 5.74) is 7.34. The number of hydrogen-bond acceptors (Lipinski definition) is 15. The van der Waals surface area contributed by atoms with E-state index in [1.807, 2.05) is 24.6 Å². The van der Waals surface area contributed by atoms with Gasteiger partial charge in [-0.05, 0) is 13.8 Å². The third kappa shape index (κ3) is 14.3. The molecule has 2 heterocycles. The van der Waals surface area contributed by atoms with Crippen LogP contribution in [0.25, 0.3) is 0 Å². The maximum Gasteiger partial charge on any atom is 0.335 e. The molecular formula is C22H30N4O9S2. The molecule has 0 saturated carbocycles. The van der Waals surface area contributed by atoms with Gasteiger partial charge < -0.3 is 34.8 Å². The Labute approximate surface area is 222 Å². The molecule has 0 aliphatic carbocycles. The zero-order valence-electron chi connectivity index (χ0n) is 21.3. The first-order valence-corrected chi connectivity index (χ1v) is 12.1. The van der Waals surface area contributed by atoms with Crippen molar-refractivity contribution in [3.63, 3.8) is 0 Å². The minimum atomic E-state index is -1.05. The lowest BCUT2D eigenvalue weighted by molar-refractivity contribution is -0.153. The number of carbonyl (C=O) groups excluding carboxylic acids is 5. The molecule has 2 aromatic heterocycles. The topological polar surface area (TPSA) is 186 Å². The Morgan fingerprint density at radius 3 is 1.92 bits per heavy atom. The van der Waals surface area contributed by atoms with Crippen LogP contribution in [0.15, 0.2) is 22.5 Å². The van der Waals surface area contributed by atoms with Gasteiger partial charge in [0.05, 0.1) is 58.2 Å². The van der Waals surface area contributed by atoms with Gasteiger partial charge in [-0.3, -0.25) is 14.4 Å². The quantitative estimate of drug-likeness (QED) is 0.150. The number of nitrogens with one attached hydrogen (secondary N) is 1. The summed E-state index contributed by atoms with van der Waals surface area (Å²) >= 11 is 2.87. The summed E-state index contributed by atoms with van der Waals surface area (Å²) in [5, 5.41) is 7.93. The summed E-state index contributed by atoms with van der Waals surface area (Å²) in [6, 6.07) is 0. The first-order valence-electron chi connectivity index (χ1n) is 10.3. The molecule has 1 unspecified atom stereocenters. The van der Waals surface area contributed by atoms with E-state index in [9.17, 15) is 24.0 Å². The van der Waals surface area contributed by atoms with E-state index >= 15 is 0 Å². The molecule has 0 radical (unpaired) electrons. The molecule has 1 atom stereocenters. The minimum absolute atomic E-state index is 0.152. The molecule has 13 nitrogen and oxygen atoms in total. The molecule has 15 heteroatoms. The summed E-state index contributed by atoms with van der Waals surface area (Å²) in [4.78, 5) is 62.2. The van der Waals surface area contributed by atoms with Crippen molar-refractivity contribution < 1.29 is 42.9 Å². The second-order valence-corrected chi connectivity index (χ2v) is 8.47. The zero-order chi connectivity index (χ0) is 28.4. The monoisotopic (exact) mass is 558 g/mol.